The van der Waals surface area contributed by atoms with Crippen LogP contribution in [0.5, 0.6) is 5.75 Å². The number of nitrogens with one attached hydrogen (secondary N) is 1. The molecule has 0 unspecified atom stereocenters. The van der Waals surface area contributed by atoms with Crippen LogP contribution in [-0.4, -0.2) is 18.0 Å². The lowest BCUT2D eigenvalue weighted by Gasteiger charge is -2.07. The largest absolute Gasteiger partial charge is 0.496 e. The summed E-state index contributed by atoms with van der Waals surface area (Å²) in [6, 6.07) is 8.81. The highest BCUT2D eigenvalue weighted by atomic mass is 16.5. The summed E-state index contributed by atoms with van der Waals surface area (Å²) in [4.78, 5) is 16.4. The van der Waals surface area contributed by atoms with Gasteiger partial charge >= 0.3 is 0 Å². The van der Waals surface area contributed by atoms with E-state index in [1.54, 1.807) is 43.8 Å². The first kappa shape index (κ1) is 13.2. The number of anilines is 1. The number of aryl methyl sites for hydroxylation is 1. The molecule has 1 aromatic carbocycles. The van der Waals surface area contributed by atoms with Crippen LogP contribution >= 0.6 is 0 Å². The number of rotatable bonds is 3. The van der Waals surface area contributed by atoms with Gasteiger partial charge in [-0.05, 0) is 36.8 Å². The third-order valence-corrected chi connectivity index (χ3v) is 3.17. The van der Waals surface area contributed by atoms with Crippen molar-refractivity contribution >= 4 is 22.7 Å². The van der Waals surface area contributed by atoms with Crippen molar-refractivity contribution in [3.63, 3.8) is 0 Å². The average Bonchev–Trinajstić information content (AvgIpc) is 2.97. The molecule has 0 bridgehead atoms. The van der Waals surface area contributed by atoms with Gasteiger partial charge in [0.15, 0.2) is 0 Å². The average molecular weight is 282 g/mol. The molecule has 0 spiro atoms. The van der Waals surface area contributed by atoms with Gasteiger partial charge in [0.05, 0.1) is 18.8 Å². The standard InChI is InChI=1S/C16H14N2O3/c1-10-3-4-15(17-9-10)18-16(19)11-7-13(20-2)12-5-6-21-14(12)8-11/h3-9H,1-2H3,(H,17,18,19). The van der Waals surface area contributed by atoms with Crippen LogP contribution in [0.2, 0.25) is 0 Å². The van der Waals surface area contributed by atoms with E-state index in [1.165, 1.54) is 0 Å². The van der Waals surface area contributed by atoms with E-state index >= 15 is 0 Å². The Labute approximate surface area is 121 Å². The number of carbonyl (C=O) groups excluding carboxylic acids is 1. The van der Waals surface area contributed by atoms with Crippen molar-refractivity contribution < 1.29 is 13.9 Å². The van der Waals surface area contributed by atoms with Gasteiger partial charge in [0.25, 0.3) is 5.91 Å². The van der Waals surface area contributed by atoms with Gasteiger partial charge in [0, 0.05) is 11.8 Å². The van der Waals surface area contributed by atoms with Crippen LogP contribution in [0.1, 0.15) is 15.9 Å². The van der Waals surface area contributed by atoms with Crippen molar-refractivity contribution in [1.82, 2.24) is 4.98 Å². The Kier molecular flexibility index (Phi) is 3.31. The number of nitrogens with zero attached hydrogens (tertiary/aromatic N) is 1. The van der Waals surface area contributed by atoms with E-state index in [9.17, 15) is 4.79 Å². The number of pyridine rings is 1. The molecule has 0 atom stereocenters. The Morgan fingerprint density at radius 1 is 1.29 bits per heavy atom. The molecule has 3 aromatic rings. The fourth-order valence-electron chi connectivity index (χ4n) is 2.07. The Morgan fingerprint density at radius 2 is 2.14 bits per heavy atom. The quantitative estimate of drug-likeness (QED) is 0.799. The van der Waals surface area contributed by atoms with Gasteiger partial charge in [-0.2, -0.15) is 0 Å². The van der Waals surface area contributed by atoms with Gasteiger partial charge in [-0.15, -0.1) is 0 Å². The zero-order valence-corrected chi connectivity index (χ0v) is 11.7. The molecule has 0 saturated carbocycles. The van der Waals surface area contributed by atoms with Crippen molar-refractivity contribution in [3.8, 4) is 5.75 Å². The van der Waals surface area contributed by atoms with Crippen molar-refractivity contribution in [3.05, 3.63) is 53.9 Å². The fraction of sp³-hybridized carbons (Fsp3) is 0.125. The Bertz CT molecular complexity index is 791. The topological polar surface area (TPSA) is 64.4 Å². The molecule has 5 heteroatoms. The number of aromatic nitrogens is 1. The van der Waals surface area contributed by atoms with Crippen LogP contribution in [0.4, 0.5) is 5.82 Å². The predicted molar refractivity (Wildman–Crippen MR) is 79.7 cm³/mol. The molecule has 0 radical (unpaired) electrons. The van der Waals surface area contributed by atoms with Crippen molar-refractivity contribution in [1.29, 1.82) is 0 Å². The molecule has 1 amide bonds. The maximum absolute atomic E-state index is 12.3. The minimum atomic E-state index is -0.261. The summed E-state index contributed by atoms with van der Waals surface area (Å²) < 4.78 is 10.6. The summed E-state index contributed by atoms with van der Waals surface area (Å²) >= 11 is 0. The number of benzene rings is 1. The molecule has 0 saturated heterocycles. The first-order valence-corrected chi connectivity index (χ1v) is 6.46. The van der Waals surface area contributed by atoms with Crippen molar-refractivity contribution in [2.45, 2.75) is 6.92 Å². The number of amides is 1. The lowest BCUT2D eigenvalue weighted by molar-refractivity contribution is 0.102. The maximum atomic E-state index is 12.3. The number of fused-ring (bicyclic) bond motifs is 1. The number of furan rings is 1. The molecule has 5 nitrogen and oxygen atoms in total. The highest BCUT2D eigenvalue weighted by Gasteiger charge is 2.13. The predicted octanol–water partition coefficient (Wildman–Crippen LogP) is 3.40. The van der Waals surface area contributed by atoms with Crippen LogP contribution in [-0.2, 0) is 0 Å². The molecule has 0 aliphatic heterocycles. The smallest absolute Gasteiger partial charge is 0.257 e. The van der Waals surface area contributed by atoms with E-state index in [1.807, 2.05) is 13.0 Å². The molecular formula is C16H14N2O3. The zero-order valence-electron chi connectivity index (χ0n) is 11.7. The van der Waals surface area contributed by atoms with Crippen LogP contribution in [0.25, 0.3) is 11.0 Å². The molecule has 0 aliphatic rings. The molecule has 0 fully saturated rings. The van der Waals surface area contributed by atoms with E-state index in [0.717, 1.165) is 10.9 Å². The molecule has 1 N–H and O–H groups in total. The minimum absolute atomic E-state index is 0.261. The van der Waals surface area contributed by atoms with Gasteiger partial charge in [0.1, 0.15) is 17.2 Å². The number of ether oxygens (including phenoxy) is 1. The van der Waals surface area contributed by atoms with Gasteiger partial charge in [0.2, 0.25) is 0 Å². The first-order chi connectivity index (χ1) is 10.2. The van der Waals surface area contributed by atoms with Crippen molar-refractivity contribution in [2.24, 2.45) is 0 Å². The Morgan fingerprint density at radius 3 is 2.86 bits per heavy atom. The monoisotopic (exact) mass is 282 g/mol. The normalized spacial score (nSPS) is 10.6. The summed E-state index contributed by atoms with van der Waals surface area (Å²) in [5.74, 6) is 0.843. The second kappa shape index (κ2) is 5.28. The molecular weight excluding hydrogens is 268 g/mol. The summed E-state index contributed by atoms with van der Waals surface area (Å²) in [6.07, 6.45) is 3.27. The SMILES string of the molecule is COc1cc(C(=O)Nc2ccc(C)cn2)cc2occc12. The van der Waals surface area contributed by atoms with E-state index in [2.05, 4.69) is 10.3 Å². The maximum Gasteiger partial charge on any atom is 0.257 e. The summed E-state index contributed by atoms with van der Waals surface area (Å²) in [5, 5.41) is 3.58. The molecule has 106 valence electrons. The number of hydrogen-bond donors (Lipinski definition) is 1. The molecule has 2 heterocycles. The lowest BCUT2D eigenvalue weighted by atomic mass is 10.1. The van der Waals surface area contributed by atoms with E-state index in [-0.39, 0.29) is 5.91 Å². The van der Waals surface area contributed by atoms with Gasteiger partial charge in [-0.1, -0.05) is 6.07 Å². The number of carbonyl (C=O) groups is 1. The molecule has 3 rings (SSSR count). The summed E-state index contributed by atoms with van der Waals surface area (Å²) in [7, 11) is 1.56. The molecule has 0 aliphatic carbocycles. The third kappa shape index (κ3) is 2.58. The third-order valence-electron chi connectivity index (χ3n) is 3.17. The zero-order chi connectivity index (χ0) is 14.8. The van der Waals surface area contributed by atoms with Crippen LogP contribution < -0.4 is 10.1 Å². The van der Waals surface area contributed by atoms with Gasteiger partial charge in [-0.3, -0.25) is 4.79 Å². The van der Waals surface area contributed by atoms with Crippen molar-refractivity contribution in [2.75, 3.05) is 12.4 Å². The van der Waals surface area contributed by atoms with Crippen LogP contribution in [0.3, 0.4) is 0 Å². The summed E-state index contributed by atoms with van der Waals surface area (Å²) in [6.45, 7) is 1.94. The number of hydrogen-bond acceptors (Lipinski definition) is 4. The highest BCUT2D eigenvalue weighted by molar-refractivity contribution is 6.06. The fourth-order valence-corrected chi connectivity index (χ4v) is 2.07. The van der Waals surface area contributed by atoms with E-state index < -0.39 is 0 Å². The Balaban J connectivity index is 1.92. The van der Waals surface area contributed by atoms with E-state index in [0.29, 0.717) is 22.7 Å². The van der Waals surface area contributed by atoms with Gasteiger partial charge < -0.3 is 14.5 Å². The first-order valence-electron chi connectivity index (χ1n) is 6.46. The van der Waals surface area contributed by atoms with Gasteiger partial charge in [-0.25, -0.2) is 4.98 Å². The van der Waals surface area contributed by atoms with E-state index in [4.69, 9.17) is 9.15 Å². The highest BCUT2D eigenvalue weighted by Crippen LogP contribution is 2.28. The second-order valence-corrected chi connectivity index (χ2v) is 4.69. The molecule has 2 aromatic heterocycles. The number of methoxy groups -OCH3 is 1. The minimum Gasteiger partial charge on any atom is -0.496 e. The second-order valence-electron chi connectivity index (χ2n) is 4.69. The summed E-state index contributed by atoms with van der Waals surface area (Å²) in [5.41, 5.74) is 2.10. The lowest BCUT2D eigenvalue weighted by Crippen LogP contribution is -2.13. The van der Waals surface area contributed by atoms with Crippen LogP contribution in [0, 0.1) is 6.92 Å². The van der Waals surface area contributed by atoms with Crippen LogP contribution in [0.15, 0.2) is 47.2 Å². The Hall–Kier alpha value is -2.82. The molecule has 21 heavy (non-hydrogen) atoms.